The van der Waals surface area contributed by atoms with Crippen LogP contribution in [0.5, 0.6) is 0 Å². The molecular formula is C17H17FN4OS2. The quantitative estimate of drug-likeness (QED) is 0.619. The molecule has 1 amide bonds. The number of H-pyrrole nitrogens is 1. The van der Waals surface area contributed by atoms with Gasteiger partial charge in [-0.3, -0.25) is 9.89 Å². The summed E-state index contributed by atoms with van der Waals surface area (Å²) in [6.45, 7) is 2.39. The number of nitrogens with one attached hydrogen (secondary N) is 2. The fourth-order valence-electron chi connectivity index (χ4n) is 2.19. The van der Waals surface area contributed by atoms with Crippen LogP contribution in [0.3, 0.4) is 0 Å². The first-order valence-corrected chi connectivity index (χ1v) is 9.53. The van der Waals surface area contributed by atoms with Crippen LogP contribution in [0.4, 0.5) is 4.39 Å². The number of thioether (sulfide) groups is 1. The number of carbonyl (C=O) groups is 1. The van der Waals surface area contributed by atoms with Crippen LogP contribution >= 0.6 is 23.1 Å². The second kappa shape index (κ2) is 8.26. The number of hydrogen-bond donors (Lipinski definition) is 2. The van der Waals surface area contributed by atoms with Crippen LogP contribution in [0.1, 0.15) is 11.8 Å². The van der Waals surface area contributed by atoms with Crippen LogP contribution in [0.25, 0.3) is 11.4 Å². The van der Waals surface area contributed by atoms with Crippen molar-refractivity contribution in [3.63, 3.8) is 0 Å². The highest BCUT2D eigenvalue weighted by Crippen LogP contribution is 2.24. The molecule has 0 bridgehead atoms. The molecule has 0 aliphatic heterocycles. The van der Waals surface area contributed by atoms with Crippen molar-refractivity contribution in [3.05, 3.63) is 52.5 Å². The van der Waals surface area contributed by atoms with E-state index in [-0.39, 0.29) is 17.0 Å². The molecule has 5 nitrogen and oxygen atoms in total. The number of rotatable bonds is 7. The van der Waals surface area contributed by atoms with Gasteiger partial charge in [-0.25, -0.2) is 9.37 Å². The van der Waals surface area contributed by atoms with Crippen molar-refractivity contribution in [2.45, 2.75) is 23.8 Å². The van der Waals surface area contributed by atoms with E-state index in [0.717, 1.165) is 6.42 Å². The zero-order valence-electron chi connectivity index (χ0n) is 13.5. The first-order valence-electron chi connectivity index (χ1n) is 7.77. The molecular weight excluding hydrogens is 359 g/mol. The molecule has 130 valence electrons. The molecule has 0 aliphatic rings. The monoisotopic (exact) mass is 376 g/mol. The molecule has 1 aromatic carbocycles. The van der Waals surface area contributed by atoms with Crippen molar-refractivity contribution >= 4 is 29.0 Å². The summed E-state index contributed by atoms with van der Waals surface area (Å²) in [7, 11) is 0. The third kappa shape index (κ3) is 4.67. The molecule has 2 aromatic heterocycles. The maximum absolute atomic E-state index is 13.8. The van der Waals surface area contributed by atoms with Gasteiger partial charge in [-0.05, 0) is 36.9 Å². The molecule has 0 aliphatic carbocycles. The van der Waals surface area contributed by atoms with E-state index in [1.54, 1.807) is 36.5 Å². The molecule has 1 unspecified atom stereocenters. The summed E-state index contributed by atoms with van der Waals surface area (Å²) in [4.78, 5) is 17.7. The SMILES string of the molecule is CC(Sc1n[nH]c(-c2ccccc2F)n1)C(=O)NCCc1cccs1. The fourth-order valence-corrected chi connectivity index (χ4v) is 3.65. The summed E-state index contributed by atoms with van der Waals surface area (Å²) in [5.41, 5.74) is 0.356. The Balaban J connectivity index is 1.53. The highest BCUT2D eigenvalue weighted by molar-refractivity contribution is 8.00. The Labute approximate surface area is 153 Å². The first kappa shape index (κ1) is 17.6. The predicted octanol–water partition coefficient (Wildman–Crippen LogP) is 3.51. The zero-order chi connectivity index (χ0) is 17.6. The van der Waals surface area contributed by atoms with E-state index >= 15 is 0 Å². The first-order chi connectivity index (χ1) is 12.1. The van der Waals surface area contributed by atoms with Crippen LogP contribution in [0.2, 0.25) is 0 Å². The highest BCUT2D eigenvalue weighted by atomic mass is 32.2. The minimum Gasteiger partial charge on any atom is -0.355 e. The van der Waals surface area contributed by atoms with Crippen molar-refractivity contribution in [1.82, 2.24) is 20.5 Å². The molecule has 0 spiro atoms. The molecule has 3 aromatic rings. The third-order valence-corrected chi connectivity index (χ3v) is 5.39. The van der Waals surface area contributed by atoms with Gasteiger partial charge in [0.2, 0.25) is 11.1 Å². The second-order valence-electron chi connectivity index (χ2n) is 5.33. The van der Waals surface area contributed by atoms with Gasteiger partial charge in [0.25, 0.3) is 0 Å². The minimum atomic E-state index is -0.366. The van der Waals surface area contributed by atoms with Gasteiger partial charge in [-0.15, -0.1) is 16.4 Å². The van der Waals surface area contributed by atoms with Gasteiger partial charge in [0, 0.05) is 11.4 Å². The number of halogens is 1. The zero-order valence-corrected chi connectivity index (χ0v) is 15.2. The molecule has 0 fully saturated rings. The predicted molar refractivity (Wildman–Crippen MR) is 98.1 cm³/mol. The third-order valence-electron chi connectivity index (χ3n) is 3.50. The van der Waals surface area contributed by atoms with E-state index in [2.05, 4.69) is 20.5 Å². The van der Waals surface area contributed by atoms with Crippen molar-refractivity contribution in [2.75, 3.05) is 6.54 Å². The molecule has 2 heterocycles. The summed E-state index contributed by atoms with van der Waals surface area (Å²) in [6.07, 6.45) is 0.818. The number of carbonyl (C=O) groups excluding carboxylic acids is 1. The van der Waals surface area contributed by atoms with Crippen molar-refractivity contribution in [3.8, 4) is 11.4 Å². The van der Waals surface area contributed by atoms with E-state index < -0.39 is 0 Å². The average Bonchev–Trinajstić information content (AvgIpc) is 3.27. The number of benzene rings is 1. The van der Waals surface area contributed by atoms with Crippen molar-refractivity contribution < 1.29 is 9.18 Å². The van der Waals surface area contributed by atoms with Crippen LogP contribution in [-0.4, -0.2) is 32.9 Å². The van der Waals surface area contributed by atoms with E-state index in [1.807, 2.05) is 17.5 Å². The lowest BCUT2D eigenvalue weighted by Crippen LogP contribution is -2.32. The highest BCUT2D eigenvalue weighted by Gasteiger charge is 2.17. The van der Waals surface area contributed by atoms with Gasteiger partial charge >= 0.3 is 0 Å². The van der Waals surface area contributed by atoms with Crippen LogP contribution in [-0.2, 0) is 11.2 Å². The average molecular weight is 376 g/mol. The summed E-state index contributed by atoms with van der Waals surface area (Å²) >= 11 is 2.91. The van der Waals surface area contributed by atoms with Gasteiger partial charge in [-0.1, -0.05) is 30.0 Å². The maximum Gasteiger partial charge on any atom is 0.233 e. The maximum atomic E-state index is 13.8. The Morgan fingerprint density at radius 1 is 1.36 bits per heavy atom. The largest absolute Gasteiger partial charge is 0.355 e. The fraction of sp³-hybridized carbons (Fsp3) is 0.235. The lowest BCUT2D eigenvalue weighted by molar-refractivity contribution is -0.120. The van der Waals surface area contributed by atoms with Gasteiger partial charge in [0.05, 0.1) is 10.8 Å². The number of aromatic nitrogens is 3. The Morgan fingerprint density at radius 2 is 2.20 bits per heavy atom. The minimum absolute atomic E-state index is 0.0706. The van der Waals surface area contributed by atoms with Crippen molar-refractivity contribution in [2.24, 2.45) is 0 Å². The van der Waals surface area contributed by atoms with Crippen LogP contribution in [0.15, 0.2) is 46.9 Å². The molecule has 3 rings (SSSR count). The Morgan fingerprint density at radius 3 is 2.96 bits per heavy atom. The van der Waals surface area contributed by atoms with Gasteiger partial charge in [0.1, 0.15) is 5.82 Å². The molecule has 25 heavy (non-hydrogen) atoms. The topological polar surface area (TPSA) is 70.7 Å². The normalized spacial score (nSPS) is 12.1. The Bertz CT molecular complexity index is 835. The number of amides is 1. The number of hydrogen-bond acceptors (Lipinski definition) is 5. The van der Waals surface area contributed by atoms with Crippen molar-refractivity contribution in [1.29, 1.82) is 0 Å². The van der Waals surface area contributed by atoms with E-state index in [1.165, 1.54) is 22.7 Å². The number of thiophene rings is 1. The van der Waals surface area contributed by atoms with Gasteiger partial charge in [0.15, 0.2) is 5.82 Å². The molecule has 0 saturated heterocycles. The summed E-state index contributed by atoms with van der Waals surface area (Å²) in [5.74, 6) is -0.0840. The van der Waals surface area contributed by atoms with E-state index in [0.29, 0.717) is 23.1 Å². The van der Waals surface area contributed by atoms with Crippen LogP contribution < -0.4 is 5.32 Å². The number of aromatic amines is 1. The standard InChI is InChI=1S/C17H17FN4OS2/c1-11(16(23)19-9-8-12-5-4-10-24-12)25-17-20-15(21-22-17)13-6-2-3-7-14(13)18/h2-7,10-11H,8-9H2,1H3,(H,19,23)(H,20,21,22). The summed E-state index contributed by atoms with van der Waals surface area (Å²) in [6, 6.07) is 10.4. The lowest BCUT2D eigenvalue weighted by atomic mass is 10.2. The van der Waals surface area contributed by atoms with Crippen LogP contribution in [0, 0.1) is 5.82 Å². The molecule has 0 radical (unpaired) electrons. The molecule has 2 N–H and O–H groups in total. The Hall–Kier alpha value is -2.19. The van der Waals surface area contributed by atoms with E-state index in [9.17, 15) is 9.18 Å². The summed E-state index contributed by atoms with van der Waals surface area (Å²) in [5, 5.41) is 11.8. The molecule has 1 atom stereocenters. The van der Waals surface area contributed by atoms with E-state index in [4.69, 9.17) is 0 Å². The second-order valence-corrected chi connectivity index (χ2v) is 7.67. The van der Waals surface area contributed by atoms with Gasteiger partial charge in [-0.2, -0.15) is 0 Å². The smallest absolute Gasteiger partial charge is 0.233 e. The summed E-state index contributed by atoms with van der Waals surface area (Å²) < 4.78 is 13.8. The lowest BCUT2D eigenvalue weighted by Gasteiger charge is -2.09. The number of nitrogens with zero attached hydrogens (tertiary/aromatic N) is 2. The Kier molecular flexibility index (Phi) is 5.83. The van der Waals surface area contributed by atoms with Gasteiger partial charge < -0.3 is 5.32 Å². The molecule has 8 heteroatoms. The molecule has 0 saturated carbocycles.